The zero-order valence-electron chi connectivity index (χ0n) is 15.8. The molecule has 27 heavy (non-hydrogen) atoms. The lowest BCUT2D eigenvalue weighted by molar-refractivity contribution is -0.150. The maximum atomic E-state index is 12.9. The second kappa shape index (κ2) is 7.13. The molecule has 2 saturated heterocycles. The van der Waals surface area contributed by atoms with Crippen LogP contribution in [0.2, 0.25) is 0 Å². The third-order valence-electron chi connectivity index (χ3n) is 6.49. The van der Waals surface area contributed by atoms with Gasteiger partial charge < -0.3 is 10.1 Å². The lowest BCUT2D eigenvalue weighted by atomic mass is 9.78. The molecule has 148 valence electrons. The number of aryl methyl sites for hydroxylation is 1. The van der Waals surface area contributed by atoms with Crippen molar-refractivity contribution < 1.29 is 18.3 Å². The smallest absolute Gasteiger partial charge is 0.249 e. The molecule has 1 amide bonds. The van der Waals surface area contributed by atoms with E-state index < -0.39 is 11.8 Å². The fraction of sp³-hybridized carbons (Fsp3) is 0.667. The summed E-state index contributed by atoms with van der Waals surface area (Å²) >= 11 is 0. The van der Waals surface area contributed by atoms with Gasteiger partial charge in [-0.05, 0) is 36.8 Å². The molecule has 0 bridgehead atoms. The molecule has 0 aromatic heterocycles. The number of halogens is 2. The van der Waals surface area contributed by atoms with Crippen molar-refractivity contribution in [1.82, 2.24) is 10.2 Å². The Labute approximate surface area is 159 Å². The van der Waals surface area contributed by atoms with Crippen molar-refractivity contribution in [2.75, 3.05) is 26.2 Å². The van der Waals surface area contributed by atoms with Crippen LogP contribution in [-0.4, -0.2) is 48.6 Å². The number of hydrogen-bond acceptors (Lipinski definition) is 3. The van der Waals surface area contributed by atoms with Gasteiger partial charge in [-0.15, -0.1) is 0 Å². The number of ether oxygens (including phenoxy) is 1. The fourth-order valence-corrected chi connectivity index (χ4v) is 4.75. The highest BCUT2D eigenvalue weighted by atomic mass is 19.3. The van der Waals surface area contributed by atoms with Crippen LogP contribution in [0.5, 0.6) is 0 Å². The van der Waals surface area contributed by atoms with Crippen LogP contribution in [0.3, 0.4) is 0 Å². The van der Waals surface area contributed by atoms with Crippen molar-refractivity contribution >= 4 is 5.91 Å². The average Bonchev–Trinajstić information content (AvgIpc) is 2.98. The van der Waals surface area contributed by atoms with E-state index in [2.05, 4.69) is 41.4 Å². The molecule has 0 unspecified atom stereocenters. The largest absolute Gasteiger partial charge is 0.372 e. The quantitative estimate of drug-likeness (QED) is 0.827. The molecule has 4 nitrogen and oxygen atoms in total. The van der Waals surface area contributed by atoms with Crippen molar-refractivity contribution in [3.8, 4) is 0 Å². The van der Waals surface area contributed by atoms with Gasteiger partial charge in [-0.3, -0.25) is 9.69 Å². The van der Waals surface area contributed by atoms with Crippen LogP contribution in [0.1, 0.15) is 36.8 Å². The van der Waals surface area contributed by atoms with E-state index in [0.29, 0.717) is 12.5 Å². The van der Waals surface area contributed by atoms with Crippen LogP contribution in [0.25, 0.3) is 0 Å². The van der Waals surface area contributed by atoms with Gasteiger partial charge in [0.15, 0.2) is 0 Å². The first-order valence-electron chi connectivity index (χ1n) is 9.93. The van der Waals surface area contributed by atoms with Crippen LogP contribution in [0.4, 0.5) is 8.78 Å². The number of alkyl halides is 2. The summed E-state index contributed by atoms with van der Waals surface area (Å²) in [5.74, 6) is -2.95. The zero-order valence-corrected chi connectivity index (χ0v) is 15.8. The van der Waals surface area contributed by atoms with E-state index >= 15 is 0 Å². The normalized spacial score (nSPS) is 26.6. The summed E-state index contributed by atoms with van der Waals surface area (Å²) in [7, 11) is 0. The Morgan fingerprint density at radius 2 is 2.04 bits per heavy atom. The molecule has 1 atom stereocenters. The highest BCUT2D eigenvalue weighted by molar-refractivity contribution is 5.79. The molecule has 2 aliphatic heterocycles. The lowest BCUT2D eigenvalue weighted by Crippen LogP contribution is -2.64. The zero-order chi connectivity index (χ0) is 19.1. The molecule has 1 aromatic rings. The molecular weight excluding hydrogens is 350 g/mol. The number of nitrogens with one attached hydrogen (secondary N) is 1. The minimum absolute atomic E-state index is 0.0864. The Morgan fingerprint density at radius 3 is 2.74 bits per heavy atom. The Hall–Kier alpha value is -1.53. The summed E-state index contributed by atoms with van der Waals surface area (Å²) in [5, 5.41) is 2.85. The summed E-state index contributed by atoms with van der Waals surface area (Å²) in [4.78, 5) is 14.3. The third kappa shape index (κ3) is 3.87. The summed E-state index contributed by atoms with van der Waals surface area (Å²) < 4.78 is 31.9. The molecule has 1 aliphatic carbocycles. The maximum Gasteiger partial charge on any atom is 0.249 e. The van der Waals surface area contributed by atoms with E-state index in [4.69, 9.17) is 4.74 Å². The first-order chi connectivity index (χ1) is 12.9. The molecule has 1 saturated carbocycles. The number of rotatable bonds is 6. The fourth-order valence-electron chi connectivity index (χ4n) is 4.75. The van der Waals surface area contributed by atoms with Gasteiger partial charge in [-0.1, -0.05) is 24.3 Å². The third-order valence-corrected chi connectivity index (χ3v) is 6.49. The monoisotopic (exact) mass is 378 g/mol. The van der Waals surface area contributed by atoms with Crippen LogP contribution >= 0.6 is 0 Å². The SMILES string of the molecule is Cc1ccccc1CN1CC2(C1)OCC[C@@H]2CCNC(=O)C1CC(F)(F)C1. The molecular formula is C21H28F2N2O2. The minimum Gasteiger partial charge on any atom is -0.372 e. The molecule has 3 fully saturated rings. The van der Waals surface area contributed by atoms with E-state index in [-0.39, 0.29) is 24.3 Å². The Bertz CT molecular complexity index is 695. The average molecular weight is 378 g/mol. The van der Waals surface area contributed by atoms with Crippen molar-refractivity contribution in [2.24, 2.45) is 11.8 Å². The van der Waals surface area contributed by atoms with Crippen molar-refractivity contribution in [1.29, 1.82) is 0 Å². The molecule has 6 heteroatoms. The summed E-state index contributed by atoms with van der Waals surface area (Å²) in [6.07, 6.45) is 1.26. The standard InChI is InChI=1S/C21H28F2N2O2/c1-15-4-2-3-5-16(15)12-25-13-20(14-25)18(7-9-27-20)6-8-24-19(26)17-10-21(22,23)11-17/h2-5,17-18H,6-14H2,1H3,(H,24,26)/t18-/m0/s1. The van der Waals surface area contributed by atoms with E-state index in [0.717, 1.165) is 39.1 Å². The molecule has 0 radical (unpaired) electrons. The van der Waals surface area contributed by atoms with Crippen molar-refractivity contribution in [3.63, 3.8) is 0 Å². The number of hydrogen-bond donors (Lipinski definition) is 1. The first-order valence-corrected chi connectivity index (χ1v) is 9.93. The van der Waals surface area contributed by atoms with Crippen molar-refractivity contribution in [2.45, 2.75) is 50.7 Å². The molecule has 1 spiro atoms. The molecule has 3 aliphatic rings. The van der Waals surface area contributed by atoms with Gasteiger partial charge in [0.2, 0.25) is 11.8 Å². The summed E-state index contributed by atoms with van der Waals surface area (Å²) in [6.45, 7) is 6.25. The van der Waals surface area contributed by atoms with Gasteiger partial charge in [-0.25, -0.2) is 8.78 Å². The van der Waals surface area contributed by atoms with E-state index in [9.17, 15) is 13.6 Å². The van der Waals surface area contributed by atoms with E-state index in [1.54, 1.807) is 0 Å². The van der Waals surface area contributed by atoms with Gasteiger partial charge in [0.25, 0.3) is 0 Å². The lowest BCUT2D eigenvalue weighted by Gasteiger charge is -2.50. The van der Waals surface area contributed by atoms with Crippen LogP contribution in [-0.2, 0) is 16.1 Å². The molecule has 2 heterocycles. The van der Waals surface area contributed by atoms with Gasteiger partial charge in [0, 0.05) is 51.5 Å². The number of carbonyl (C=O) groups is 1. The van der Waals surface area contributed by atoms with Gasteiger partial charge >= 0.3 is 0 Å². The van der Waals surface area contributed by atoms with E-state index in [1.807, 2.05) is 0 Å². The highest BCUT2D eigenvalue weighted by Gasteiger charge is 2.52. The number of benzene rings is 1. The predicted molar refractivity (Wildman–Crippen MR) is 98.5 cm³/mol. The number of amides is 1. The van der Waals surface area contributed by atoms with Crippen LogP contribution in [0.15, 0.2) is 24.3 Å². The first kappa shape index (κ1) is 18.8. The highest BCUT2D eigenvalue weighted by Crippen LogP contribution is 2.43. The second-order valence-electron chi connectivity index (χ2n) is 8.51. The predicted octanol–water partition coefficient (Wildman–Crippen LogP) is 3.14. The topological polar surface area (TPSA) is 41.6 Å². The Morgan fingerprint density at radius 1 is 1.30 bits per heavy atom. The summed E-state index contributed by atoms with van der Waals surface area (Å²) in [6, 6.07) is 8.45. The summed E-state index contributed by atoms with van der Waals surface area (Å²) in [5.41, 5.74) is 2.58. The van der Waals surface area contributed by atoms with Gasteiger partial charge in [0.1, 0.15) is 0 Å². The number of nitrogens with zero attached hydrogens (tertiary/aromatic N) is 1. The van der Waals surface area contributed by atoms with Gasteiger partial charge in [0.05, 0.1) is 5.60 Å². The van der Waals surface area contributed by atoms with Crippen molar-refractivity contribution in [3.05, 3.63) is 35.4 Å². The van der Waals surface area contributed by atoms with Crippen LogP contribution < -0.4 is 5.32 Å². The maximum absolute atomic E-state index is 12.9. The molecule has 4 rings (SSSR count). The molecule has 1 N–H and O–H groups in total. The Kier molecular flexibility index (Phi) is 4.97. The second-order valence-corrected chi connectivity index (χ2v) is 8.51. The number of likely N-dealkylation sites (tertiary alicyclic amines) is 1. The van der Waals surface area contributed by atoms with Crippen LogP contribution in [0, 0.1) is 18.8 Å². The van der Waals surface area contributed by atoms with Gasteiger partial charge in [-0.2, -0.15) is 0 Å². The molecule has 1 aromatic carbocycles. The minimum atomic E-state index is -2.64. The Balaban J connectivity index is 1.22. The van der Waals surface area contributed by atoms with E-state index in [1.165, 1.54) is 11.1 Å². The number of carbonyl (C=O) groups excluding carboxylic acids is 1.